The highest BCUT2D eigenvalue weighted by molar-refractivity contribution is 5.84. The molecule has 1 unspecified atom stereocenters. The molecule has 1 aliphatic rings. The first-order valence-electron chi connectivity index (χ1n) is 12.2. The summed E-state index contributed by atoms with van der Waals surface area (Å²) in [5.74, 6) is 1.07. The first kappa shape index (κ1) is 24.0. The third-order valence-corrected chi connectivity index (χ3v) is 6.80. The number of hydrogen-bond acceptors (Lipinski definition) is 6. The van der Waals surface area contributed by atoms with Crippen molar-refractivity contribution in [2.24, 2.45) is 7.05 Å². The van der Waals surface area contributed by atoms with E-state index < -0.39 is 6.36 Å². The van der Waals surface area contributed by atoms with Gasteiger partial charge in [-0.1, -0.05) is 23.8 Å². The van der Waals surface area contributed by atoms with Crippen molar-refractivity contribution in [1.82, 2.24) is 19.3 Å². The van der Waals surface area contributed by atoms with Crippen molar-refractivity contribution in [2.75, 3.05) is 18.1 Å². The molecule has 4 aromatic rings. The Morgan fingerprint density at radius 1 is 1.17 bits per heavy atom. The van der Waals surface area contributed by atoms with Crippen LogP contribution in [0.2, 0.25) is 0 Å². The number of aliphatic hydroxyl groups excluding tert-OH is 1. The molecule has 188 valence electrons. The quantitative estimate of drug-likeness (QED) is 0.423. The Labute approximate surface area is 208 Å². The number of aromatic nitrogens is 4. The van der Waals surface area contributed by atoms with Crippen molar-refractivity contribution in [2.45, 2.75) is 45.6 Å². The van der Waals surface area contributed by atoms with E-state index in [4.69, 9.17) is 4.74 Å². The predicted molar refractivity (Wildman–Crippen MR) is 137 cm³/mol. The maximum Gasteiger partial charge on any atom is 0.274 e. The van der Waals surface area contributed by atoms with E-state index in [1.54, 1.807) is 30.2 Å². The fourth-order valence-electron chi connectivity index (χ4n) is 4.93. The van der Waals surface area contributed by atoms with Crippen molar-refractivity contribution in [1.29, 1.82) is 0 Å². The Balaban J connectivity index is 1.52. The number of aryl methyl sites for hydroxylation is 1. The zero-order valence-electron chi connectivity index (χ0n) is 20.7. The van der Waals surface area contributed by atoms with Crippen LogP contribution in [-0.4, -0.2) is 50.0 Å². The maximum absolute atomic E-state index is 13.6. The van der Waals surface area contributed by atoms with Crippen LogP contribution in [0.15, 0.2) is 53.6 Å². The van der Waals surface area contributed by atoms with Gasteiger partial charge in [-0.25, -0.2) is 14.4 Å². The van der Waals surface area contributed by atoms with Gasteiger partial charge in [0.05, 0.1) is 30.1 Å². The number of ether oxygens (including phenoxy) is 1. The van der Waals surface area contributed by atoms with Crippen molar-refractivity contribution < 1.29 is 14.2 Å². The Morgan fingerprint density at radius 3 is 2.67 bits per heavy atom. The molecule has 0 saturated carbocycles. The van der Waals surface area contributed by atoms with Crippen LogP contribution in [0.4, 0.5) is 10.3 Å². The van der Waals surface area contributed by atoms with Crippen molar-refractivity contribution >= 4 is 16.9 Å². The first-order chi connectivity index (χ1) is 17.4. The van der Waals surface area contributed by atoms with Crippen molar-refractivity contribution in [3.05, 3.63) is 70.3 Å². The third-order valence-electron chi connectivity index (χ3n) is 6.80. The average Bonchev–Trinajstić information content (AvgIpc) is 3.44. The summed E-state index contributed by atoms with van der Waals surface area (Å²) in [5.41, 5.74) is 4.16. The van der Waals surface area contributed by atoms with Gasteiger partial charge in [-0.2, -0.15) is 0 Å². The van der Waals surface area contributed by atoms with Crippen molar-refractivity contribution in [3.63, 3.8) is 0 Å². The lowest BCUT2D eigenvalue weighted by molar-refractivity contribution is 0.0847. The van der Waals surface area contributed by atoms with Gasteiger partial charge < -0.3 is 14.7 Å². The van der Waals surface area contributed by atoms with Gasteiger partial charge in [-0.3, -0.25) is 14.2 Å². The molecule has 9 heteroatoms. The zero-order chi connectivity index (χ0) is 25.4. The fourth-order valence-corrected chi connectivity index (χ4v) is 4.93. The molecule has 3 heterocycles. The highest BCUT2D eigenvalue weighted by atomic mass is 19.1. The second-order valence-corrected chi connectivity index (χ2v) is 9.33. The molecule has 1 fully saturated rings. The smallest absolute Gasteiger partial charge is 0.274 e. The Bertz CT molecular complexity index is 1440. The molecule has 2 aromatic carbocycles. The van der Waals surface area contributed by atoms with Gasteiger partial charge in [0, 0.05) is 44.0 Å². The standard InChI is InChI=1S/C27H30FN5O3/c1-17-6-9-25(36-18(2)28)20(11-17)15-33-24-12-19(7-8-23(24)26(35)31(33)3)21-13-29-27(30-14-21)32-10-4-5-22(32)16-34/h6-9,11-14,18,22,34H,4-5,10,15-16H2,1-3H3/t18?,22-/m1/s1. The fraction of sp³-hybridized carbons (Fsp3) is 0.370. The number of nitrogens with zero attached hydrogens (tertiary/aromatic N) is 5. The van der Waals surface area contributed by atoms with Crippen LogP contribution >= 0.6 is 0 Å². The normalized spacial score (nSPS) is 16.6. The van der Waals surface area contributed by atoms with Crippen LogP contribution in [0.25, 0.3) is 22.0 Å². The van der Waals surface area contributed by atoms with E-state index in [1.165, 1.54) is 6.92 Å². The van der Waals surface area contributed by atoms with Gasteiger partial charge in [0.25, 0.3) is 5.56 Å². The van der Waals surface area contributed by atoms with E-state index in [0.29, 0.717) is 23.6 Å². The van der Waals surface area contributed by atoms with Crippen LogP contribution in [0.1, 0.15) is 30.9 Å². The van der Waals surface area contributed by atoms with Crippen LogP contribution < -0.4 is 15.2 Å². The summed E-state index contributed by atoms with van der Waals surface area (Å²) in [6.45, 7) is 4.57. The molecule has 1 saturated heterocycles. The predicted octanol–water partition coefficient (Wildman–Crippen LogP) is 3.81. The minimum absolute atomic E-state index is 0.0572. The molecule has 5 rings (SSSR count). The summed E-state index contributed by atoms with van der Waals surface area (Å²) in [7, 11) is 1.72. The summed E-state index contributed by atoms with van der Waals surface area (Å²) in [6.07, 6.45) is 4.05. The average molecular weight is 492 g/mol. The number of benzene rings is 2. The largest absolute Gasteiger partial charge is 0.460 e. The minimum Gasteiger partial charge on any atom is -0.460 e. The van der Waals surface area contributed by atoms with Gasteiger partial charge in [0.15, 0.2) is 0 Å². The lowest BCUT2D eigenvalue weighted by Crippen LogP contribution is -2.33. The molecule has 0 aliphatic carbocycles. The number of alkyl halides is 1. The summed E-state index contributed by atoms with van der Waals surface area (Å²) < 4.78 is 22.5. The Kier molecular flexibility index (Phi) is 6.49. The van der Waals surface area contributed by atoms with Crippen molar-refractivity contribution in [3.8, 4) is 16.9 Å². The molecular weight excluding hydrogens is 461 g/mol. The SMILES string of the molecule is Cc1ccc(OC(C)F)c(Cn2c3cc(-c4cnc(N5CCC[C@@H]5CO)nc4)ccc3c(=O)n2C)c1. The van der Waals surface area contributed by atoms with E-state index in [0.717, 1.165) is 47.2 Å². The van der Waals surface area contributed by atoms with Crippen LogP contribution in [-0.2, 0) is 13.6 Å². The highest BCUT2D eigenvalue weighted by Gasteiger charge is 2.25. The summed E-state index contributed by atoms with van der Waals surface area (Å²) >= 11 is 0. The first-order valence-corrected chi connectivity index (χ1v) is 12.2. The molecule has 0 radical (unpaired) electrons. The number of hydrogen-bond donors (Lipinski definition) is 1. The molecule has 36 heavy (non-hydrogen) atoms. The minimum atomic E-state index is -1.44. The molecule has 0 bridgehead atoms. The van der Waals surface area contributed by atoms with Gasteiger partial charge in [0.1, 0.15) is 5.75 Å². The molecule has 8 nitrogen and oxygen atoms in total. The summed E-state index contributed by atoms with van der Waals surface area (Å²) in [6, 6.07) is 11.3. The van der Waals surface area contributed by atoms with E-state index in [1.807, 2.05) is 46.8 Å². The number of fused-ring (bicyclic) bond motifs is 1. The molecule has 0 amide bonds. The van der Waals surface area contributed by atoms with Crippen LogP contribution in [0, 0.1) is 6.92 Å². The maximum atomic E-state index is 13.6. The third kappa shape index (κ3) is 4.46. The van der Waals surface area contributed by atoms with Gasteiger partial charge in [-0.15, -0.1) is 0 Å². The van der Waals surface area contributed by atoms with E-state index in [2.05, 4.69) is 9.97 Å². The second kappa shape index (κ2) is 9.73. The monoisotopic (exact) mass is 491 g/mol. The van der Waals surface area contributed by atoms with Gasteiger partial charge in [-0.05, 0) is 43.5 Å². The van der Waals surface area contributed by atoms with Crippen LogP contribution in [0.3, 0.4) is 0 Å². The molecule has 2 atom stereocenters. The summed E-state index contributed by atoms with van der Waals surface area (Å²) in [4.78, 5) is 24.1. The summed E-state index contributed by atoms with van der Waals surface area (Å²) in [5, 5.41) is 10.2. The number of anilines is 1. The second-order valence-electron chi connectivity index (χ2n) is 9.33. The van der Waals surface area contributed by atoms with Gasteiger partial charge >= 0.3 is 0 Å². The number of halogens is 1. The Morgan fingerprint density at radius 2 is 1.94 bits per heavy atom. The van der Waals surface area contributed by atoms with Gasteiger partial charge in [0.2, 0.25) is 12.3 Å². The topological polar surface area (TPSA) is 85.4 Å². The molecule has 0 spiro atoms. The van der Waals surface area contributed by atoms with E-state index in [-0.39, 0.29) is 18.2 Å². The number of aliphatic hydroxyl groups is 1. The van der Waals surface area contributed by atoms with Crippen LogP contribution in [0.5, 0.6) is 5.75 Å². The lowest BCUT2D eigenvalue weighted by atomic mass is 10.1. The lowest BCUT2D eigenvalue weighted by Gasteiger charge is -2.22. The zero-order valence-corrected chi connectivity index (χ0v) is 20.7. The number of rotatable bonds is 7. The van der Waals surface area contributed by atoms with E-state index >= 15 is 0 Å². The van der Waals surface area contributed by atoms with E-state index in [9.17, 15) is 14.3 Å². The molecule has 1 aliphatic heterocycles. The molecule has 2 aromatic heterocycles. The molecule has 1 N–H and O–H groups in total. The molecular formula is C27H30FN5O3. The Hall–Kier alpha value is -3.72. The highest BCUT2D eigenvalue weighted by Crippen LogP contribution is 2.28.